The van der Waals surface area contributed by atoms with Crippen molar-refractivity contribution in [2.24, 2.45) is 5.10 Å². The zero-order valence-electron chi connectivity index (χ0n) is 13.9. The fourth-order valence-electron chi connectivity index (χ4n) is 2.24. The number of thiazole rings is 1. The molecule has 0 radical (unpaired) electrons. The minimum Gasteiger partial charge on any atom is -0.507 e. The number of hydrazone groups is 1. The van der Waals surface area contributed by atoms with Crippen LogP contribution in [-0.4, -0.2) is 27.1 Å². The molecule has 136 valence electrons. The zero-order chi connectivity index (χ0) is 19.2. The lowest BCUT2D eigenvalue weighted by atomic mass is 10.2. The summed E-state index contributed by atoms with van der Waals surface area (Å²) in [6, 6.07) is 13.2. The molecule has 3 rings (SSSR count). The number of phenols is 1. The van der Waals surface area contributed by atoms with Crippen LogP contribution in [0.15, 0.2) is 59.0 Å². The number of nitro benzene ring substituents is 1. The Hall–Kier alpha value is -3.59. The van der Waals surface area contributed by atoms with Crippen LogP contribution >= 0.6 is 11.3 Å². The summed E-state index contributed by atoms with van der Waals surface area (Å²) in [5.41, 5.74) is 4.04. The Bertz CT molecular complexity index is 1000. The lowest BCUT2D eigenvalue weighted by Gasteiger charge is -2.00. The number of non-ortho nitro benzene ring substituents is 1. The molecule has 0 fully saturated rings. The fraction of sp³-hybridized carbons (Fsp3) is 0.0556. The molecule has 2 N–H and O–H groups in total. The van der Waals surface area contributed by atoms with E-state index < -0.39 is 4.92 Å². The first-order valence-corrected chi connectivity index (χ1v) is 8.70. The van der Waals surface area contributed by atoms with E-state index in [0.29, 0.717) is 5.01 Å². The smallest absolute Gasteiger partial charge is 0.270 e. The summed E-state index contributed by atoms with van der Waals surface area (Å²) >= 11 is 1.37. The predicted octanol–water partition coefficient (Wildman–Crippen LogP) is 3.12. The third-order valence-corrected chi connectivity index (χ3v) is 4.40. The molecule has 9 heteroatoms. The topological polar surface area (TPSA) is 118 Å². The van der Waals surface area contributed by atoms with Gasteiger partial charge < -0.3 is 5.11 Å². The minimum atomic E-state index is -0.581. The van der Waals surface area contributed by atoms with Gasteiger partial charge in [0.15, 0.2) is 0 Å². The van der Waals surface area contributed by atoms with E-state index in [-0.39, 0.29) is 29.3 Å². The first kappa shape index (κ1) is 18.2. The number of hydrogen-bond acceptors (Lipinski definition) is 7. The summed E-state index contributed by atoms with van der Waals surface area (Å²) in [5, 5.41) is 26.7. The Morgan fingerprint density at radius 2 is 2.07 bits per heavy atom. The highest BCUT2D eigenvalue weighted by atomic mass is 32.1. The number of carbonyl (C=O) groups excluding carboxylic acids is 1. The molecule has 1 aromatic heterocycles. The van der Waals surface area contributed by atoms with E-state index >= 15 is 0 Å². The van der Waals surface area contributed by atoms with Gasteiger partial charge in [0, 0.05) is 28.6 Å². The maximum absolute atomic E-state index is 12.0. The normalized spacial score (nSPS) is 10.8. The van der Waals surface area contributed by atoms with E-state index in [2.05, 4.69) is 15.5 Å². The Kier molecular flexibility index (Phi) is 5.53. The number of carbonyl (C=O) groups is 1. The maximum Gasteiger partial charge on any atom is 0.270 e. The van der Waals surface area contributed by atoms with E-state index in [1.54, 1.807) is 0 Å². The second-order valence-corrected chi connectivity index (χ2v) is 6.41. The van der Waals surface area contributed by atoms with Crippen molar-refractivity contribution in [3.05, 3.63) is 74.6 Å². The number of nitrogens with zero attached hydrogens (tertiary/aromatic N) is 3. The highest BCUT2D eigenvalue weighted by molar-refractivity contribution is 7.10. The van der Waals surface area contributed by atoms with E-state index in [9.17, 15) is 20.0 Å². The Morgan fingerprint density at radius 1 is 1.30 bits per heavy atom. The molecule has 0 atom stereocenters. The highest BCUT2D eigenvalue weighted by Crippen LogP contribution is 2.22. The van der Waals surface area contributed by atoms with Crippen molar-refractivity contribution >= 4 is 29.1 Å². The number of aromatic nitrogens is 1. The molecular formula is C18H14N4O4S. The molecule has 3 aromatic rings. The third kappa shape index (κ3) is 4.73. The molecule has 0 saturated heterocycles. The molecule has 0 aliphatic carbocycles. The van der Waals surface area contributed by atoms with Gasteiger partial charge in [-0.15, -0.1) is 11.3 Å². The average Bonchev–Trinajstić information content (AvgIpc) is 3.12. The van der Waals surface area contributed by atoms with Crippen molar-refractivity contribution in [3.63, 3.8) is 0 Å². The van der Waals surface area contributed by atoms with E-state index in [1.165, 1.54) is 23.5 Å². The molecule has 0 aliphatic rings. The predicted molar refractivity (Wildman–Crippen MR) is 102 cm³/mol. The van der Waals surface area contributed by atoms with Gasteiger partial charge in [0.25, 0.3) is 5.69 Å². The van der Waals surface area contributed by atoms with Gasteiger partial charge in [-0.05, 0) is 6.07 Å². The van der Waals surface area contributed by atoms with Crippen LogP contribution in [0.4, 0.5) is 5.69 Å². The van der Waals surface area contributed by atoms with Crippen LogP contribution in [0.5, 0.6) is 5.75 Å². The Balaban J connectivity index is 1.60. The number of phenolic OH excluding ortho intramolecular Hbond substituents is 1. The first-order chi connectivity index (χ1) is 13.0. The zero-order valence-corrected chi connectivity index (χ0v) is 14.7. The Labute approximate surface area is 158 Å². The quantitative estimate of drug-likeness (QED) is 0.386. The summed E-state index contributed by atoms with van der Waals surface area (Å²) in [6.45, 7) is 0. The molecule has 27 heavy (non-hydrogen) atoms. The summed E-state index contributed by atoms with van der Waals surface area (Å²) in [7, 11) is 0. The van der Waals surface area contributed by atoms with Crippen LogP contribution in [0.1, 0.15) is 10.6 Å². The monoisotopic (exact) mass is 382 g/mol. The SMILES string of the molecule is O=C(Cc1nc(-c2ccccc2)cs1)N/N=C/c1cc([N+](=O)[O-])ccc1O. The van der Waals surface area contributed by atoms with E-state index in [1.807, 2.05) is 35.7 Å². The van der Waals surface area contributed by atoms with Gasteiger partial charge in [0.1, 0.15) is 10.8 Å². The van der Waals surface area contributed by atoms with Crippen LogP contribution in [0.25, 0.3) is 11.3 Å². The molecular weight excluding hydrogens is 368 g/mol. The number of nitrogens with one attached hydrogen (secondary N) is 1. The second kappa shape index (κ2) is 8.19. The summed E-state index contributed by atoms with van der Waals surface area (Å²) in [5.74, 6) is -0.559. The van der Waals surface area contributed by atoms with Gasteiger partial charge >= 0.3 is 0 Å². The summed E-state index contributed by atoms with van der Waals surface area (Å²) < 4.78 is 0. The van der Waals surface area contributed by atoms with Crippen LogP contribution < -0.4 is 5.43 Å². The van der Waals surface area contributed by atoms with Crippen molar-refractivity contribution in [2.75, 3.05) is 0 Å². The number of benzene rings is 2. The molecule has 8 nitrogen and oxygen atoms in total. The molecule has 2 aromatic carbocycles. The molecule has 1 heterocycles. The van der Waals surface area contributed by atoms with Gasteiger partial charge in [-0.2, -0.15) is 5.10 Å². The molecule has 1 amide bonds. The Morgan fingerprint density at radius 3 is 2.81 bits per heavy atom. The number of hydrogen-bond donors (Lipinski definition) is 2. The van der Waals surface area contributed by atoms with Crippen LogP contribution in [0.2, 0.25) is 0 Å². The lowest BCUT2D eigenvalue weighted by molar-refractivity contribution is -0.384. The molecule has 0 bridgehead atoms. The standard InChI is InChI=1S/C18H14N4O4S/c23-16-7-6-14(22(25)26)8-13(16)10-19-21-17(24)9-18-20-15(11-27-18)12-4-2-1-3-5-12/h1-8,10-11,23H,9H2,(H,21,24)/b19-10+. The number of rotatable bonds is 6. The number of nitro groups is 1. The first-order valence-electron chi connectivity index (χ1n) is 7.82. The van der Waals surface area contributed by atoms with E-state index in [4.69, 9.17) is 0 Å². The van der Waals surface area contributed by atoms with Gasteiger partial charge in [0.2, 0.25) is 5.91 Å². The van der Waals surface area contributed by atoms with Crippen LogP contribution in [-0.2, 0) is 11.2 Å². The number of aromatic hydroxyl groups is 1. The van der Waals surface area contributed by atoms with Gasteiger partial charge in [-0.25, -0.2) is 10.4 Å². The van der Waals surface area contributed by atoms with Crippen LogP contribution in [0, 0.1) is 10.1 Å². The fourth-order valence-corrected chi connectivity index (χ4v) is 3.05. The molecule has 0 unspecified atom stereocenters. The van der Waals surface area contributed by atoms with Crippen LogP contribution in [0.3, 0.4) is 0 Å². The summed E-state index contributed by atoms with van der Waals surface area (Å²) in [6.07, 6.45) is 1.20. The average molecular weight is 382 g/mol. The highest BCUT2D eigenvalue weighted by Gasteiger charge is 2.10. The largest absolute Gasteiger partial charge is 0.507 e. The van der Waals surface area contributed by atoms with Crippen molar-refractivity contribution in [1.29, 1.82) is 0 Å². The van der Waals surface area contributed by atoms with Gasteiger partial charge in [-0.1, -0.05) is 30.3 Å². The third-order valence-electron chi connectivity index (χ3n) is 3.55. The maximum atomic E-state index is 12.0. The molecule has 0 saturated carbocycles. The van der Waals surface area contributed by atoms with Gasteiger partial charge in [0.05, 0.1) is 23.3 Å². The van der Waals surface area contributed by atoms with Gasteiger partial charge in [-0.3, -0.25) is 14.9 Å². The van der Waals surface area contributed by atoms with Crippen molar-refractivity contribution in [3.8, 4) is 17.0 Å². The minimum absolute atomic E-state index is 0.0513. The summed E-state index contributed by atoms with van der Waals surface area (Å²) in [4.78, 5) is 26.6. The molecule has 0 spiro atoms. The second-order valence-electron chi connectivity index (χ2n) is 5.46. The lowest BCUT2D eigenvalue weighted by Crippen LogP contribution is -2.19. The molecule has 0 aliphatic heterocycles. The van der Waals surface area contributed by atoms with E-state index in [0.717, 1.165) is 23.5 Å². The van der Waals surface area contributed by atoms with Crippen molar-refractivity contribution in [2.45, 2.75) is 6.42 Å². The number of amides is 1. The van der Waals surface area contributed by atoms with Crippen molar-refractivity contribution < 1.29 is 14.8 Å². The van der Waals surface area contributed by atoms with Crippen molar-refractivity contribution in [1.82, 2.24) is 10.4 Å².